The minimum Gasteiger partial charge on any atom is -0.355 e. The van der Waals surface area contributed by atoms with Crippen LogP contribution in [0.25, 0.3) is 0 Å². The number of carbonyl (C=O) groups excluding carboxylic acids is 3. The number of piperidine rings is 2. The minimum absolute atomic E-state index is 0.0907. The van der Waals surface area contributed by atoms with E-state index in [1.54, 1.807) is 0 Å². The van der Waals surface area contributed by atoms with E-state index >= 15 is 0 Å². The van der Waals surface area contributed by atoms with Crippen LogP contribution >= 0.6 is 0 Å². The van der Waals surface area contributed by atoms with E-state index in [-0.39, 0.29) is 23.6 Å². The standard InChI is InChI=1S/C26H31N3O3/c30-24-11-10-23(26(32)28-24)22-8-6-20(7-9-22)21-13-16-29(17-14-21)18-25(31)27-15-12-19-4-2-1-3-5-19/h1-9,21,23H,10-18H2,(H,27,31)(H,28,30,32). The van der Waals surface area contributed by atoms with Crippen molar-refractivity contribution < 1.29 is 14.4 Å². The SMILES string of the molecule is O=C(CN1CCC(c2ccc(C3CCC(=O)NC3=O)cc2)CC1)NCCc1ccccc1. The number of benzene rings is 2. The predicted molar refractivity (Wildman–Crippen MR) is 123 cm³/mol. The largest absolute Gasteiger partial charge is 0.355 e. The Hall–Kier alpha value is -2.99. The summed E-state index contributed by atoms with van der Waals surface area (Å²) in [6, 6.07) is 18.5. The van der Waals surface area contributed by atoms with E-state index in [1.165, 1.54) is 11.1 Å². The number of nitrogens with zero attached hydrogens (tertiary/aromatic N) is 1. The van der Waals surface area contributed by atoms with Crippen molar-refractivity contribution >= 4 is 17.7 Å². The molecule has 2 fully saturated rings. The van der Waals surface area contributed by atoms with Crippen molar-refractivity contribution in [1.29, 1.82) is 0 Å². The number of amides is 3. The first-order valence-electron chi connectivity index (χ1n) is 11.5. The summed E-state index contributed by atoms with van der Waals surface area (Å²) in [7, 11) is 0. The third-order valence-electron chi connectivity index (χ3n) is 6.58. The van der Waals surface area contributed by atoms with Crippen molar-refractivity contribution in [3.63, 3.8) is 0 Å². The number of imide groups is 1. The fraction of sp³-hybridized carbons (Fsp3) is 0.423. The van der Waals surface area contributed by atoms with Crippen molar-refractivity contribution in [2.24, 2.45) is 0 Å². The molecule has 0 aliphatic carbocycles. The fourth-order valence-electron chi connectivity index (χ4n) is 4.69. The molecule has 3 amide bonds. The topological polar surface area (TPSA) is 78.5 Å². The first-order valence-corrected chi connectivity index (χ1v) is 11.5. The second-order valence-electron chi connectivity index (χ2n) is 8.81. The van der Waals surface area contributed by atoms with E-state index in [0.717, 1.165) is 37.9 Å². The Morgan fingerprint density at radius 1 is 0.938 bits per heavy atom. The van der Waals surface area contributed by atoms with Gasteiger partial charge in [-0.25, -0.2) is 0 Å². The highest BCUT2D eigenvalue weighted by atomic mass is 16.2. The van der Waals surface area contributed by atoms with E-state index in [0.29, 0.717) is 31.8 Å². The Bertz CT molecular complexity index is 935. The van der Waals surface area contributed by atoms with E-state index < -0.39 is 0 Å². The second kappa shape index (κ2) is 10.6. The molecule has 0 spiro atoms. The summed E-state index contributed by atoms with van der Waals surface area (Å²) in [5.41, 5.74) is 3.49. The third-order valence-corrected chi connectivity index (χ3v) is 6.58. The lowest BCUT2D eigenvalue weighted by Gasteiger charge is -2.32. The summed E-state index contributed by atoms with van der Waals surface area (Å²) < 4.78 is 0. The van der Waals surface area contributed by atoms with E-state index in [1.807, 2.05) is 30.3 Å². The molecular weight excluding hydrogens is 402 g/mol. The Morgan fingerprint density at radius 2 is 1.62 bits per heavy atom. The molecule has 6 nitrogen and oxygen atoms in total. The van der Waals surface area contributed by atoms with Gasteiger partial charge in [-0.3, -0.25) is 24.6 Å². The number of hydrogen-bond acceptors (Lipinski definition) is 4. The summed E-state index contributed by atoms with van der Waals surface area (Å²) in [4.78, 5) is 37.9. The molecule has 0 saturated carbocycles. The van der Waals surface area contributed by atoms with Crippen LogP contribution in [0.4, 0.5) is 0 Å². The lowest BCUT2D eigenvalue weighted by atomic mass is 9.86. The van der Waals surface area contributed by atoms with Gasteiger partial charge in [0.05, 0.1) is 12.5 Å². The molecule has 2 aromatic rings. The lowest BCUT2D eigenvalue weighted by Crippen LogP contribution is -2.41. The van der Waals surface area contributed by atoms with Gasteiger partial charge in [0.2, 0.25) is 17.7 Å². The maximum atomic E-state index is 12.3. The lowest BCUT2D eigenvalue weighted by molar-refractivity contribution is -0.134. The highest BCUT2D eigenvalue weighted by Gasteiger charge is 2.28. The van der Waals surface area contributed by atoms with E-state index in [9.17, 15) is 14.4 Å². The highest BCUT2D eigenvalue weighted by Crippen LogP contribution is 2.30. The molecule has 32 heavy (non-hydrogen) atoms. The van der Waals surface area contributed by atoms with Crippen LogP contribution in [0.2, 0.25) is 0 Å². The van der Waals surface area contributed by atoms with Gasteiger partial charge < -0.3 is 5.32 Å². The molecular formula is C26H31N3O3. The van der Waals surface area contributed by atoms with Gasteiger partial charge in [0.1, 0.15) is 0 Å². The Kier molecular flexibility index (Phi) is 7.32. The van der Waals surface area contributed by atoms with Crippen LogP contribution in [0, 0.1) is 0 Å². The summed E-state index contributed by atoms with van der Waals surface area (Å²) in [6.45, 7) is 2.94. The average molecular weight is 434 g/mol. The normalized spacial score (nSPS) is 20.1. The van der Waals surface area contributed by atoms with Crippen LogP contribution < -0.4 is 10.6 Å². The van der Waals surface area contributed by atoms with Gasteiger partial charge in [0.25, 0.3) is 0 Å². The predicted octanol–water partition coefficient (Wildman–Crippen LogP) is 2.75. The zero-order valence-corrected chi connectivity index (χ0v) is 18.4. The summed E-state index contributed by atoms with van der Waals surface area (Å²) in [5.74, 6) is -0.0379. The smallest absolute Gasteiger partial charge is 0.234 e. The zero-order chi connectivity index (χ0) is 22.3. The molecule has 2 heterocycles. The third kappa shape index (κ3) is 5.82. The Morgan fingerprint density at radius 3 is 2.31 bits per heavy atom. The van der Waals surface area contributed by atoms with E-state index in [2.05, 4.69) is 39.8 Å². The van der Waals surface area contributed by atoms with Gasteiger partial charge in [-0.15, -0.1) is 0 Å². The van der Waals surface area contributed by atoms with Crippen LogP contribution in [0.1, 0.15) is 54.2 Å². The quantitative estimate of drug-likeness (QED) is 0.658. The second-order valence-corrected chi connectivity index (χ2v) is 8.81. The molecule has 0 aromatic heterocycles. The van der Waals surface area contributed by atoms with Gasteiger partial charge in [0, 0.05) is 13.0 Å². The molecule has 2 aliphatic heterocycles. The van der Waals surface area contributed by atoms with Crippen molar-refractivity contribution in [1.82, 2.24) is 15.5 Å². The first-order chi connectivity index (χ1) is 15.6. The summed E-state index contributed by atoms with van der Waals surface area (Å²) in [5, 5.41) is 5.46. The Balaban J connectivity index is 1.20. The molecule has 0 bridgehead atoms. The number of rotatable bonds is 7. The molecule has 168 valence electrons. The Labute approximate surface area is 189 Å². The van der Waals surface area contributed by atoms with Crippen molar-refractivity contribution in [3.8, 4) is 0 Å². The molecule has 1 atom stereocenters. The number of likely N-dealkylation sites (tertiary alicyclic amines) is 1. The molecule has 4 rings (SSSR count). The molecule has 1 unspecified atom stereocenters. The van der Waals surface area contributed by atoms with Gasteiger partial charge in [-0.1, -0.05) is 54.6 Å². The van der Waals surface area contributed by atoms with Crippen molar-refractivity contribution in [3.05, 3.63) is 71.3 Å². The van der Waals surface area contributed by atoms with Gasteiger partial charge in [-0.2, -0.15) is 0 Å². The van der Waals surface area contributed by atoms with Crippen molar-refractivity contribution in [2.45, 2.75) is 43.9 Å². The van der Waals surface area contributed by atoms with Crippen LogP contribution in [0.15, 0.2) is 54.6 Å². The van der Waals surface area contributed by atoms with Gasteiger partial charge >= 0.3 is 0 Å². The van der Waals surface area contributed by atoms with Crippen LogP contribution in [-0.4, -0.2) is 48.8 Å². The summed E-state index contributed by atoms with van der Waals surface area (Å²) in [6.07, 6.45) is 3.87. The van der Waals surface area contributed by atoms with E-state index in [4.69, 9.17) is 0 Å². The molecule has 2 aliphatic rings. The molecule has 0 radical (unpaired) electrons. The number of carbonyl (C=O) groups is 3. The molecule has 6 heteroatoms. The highest BCUT2D eigenvalue weighted by molar-refractivity contribution is 6.00. The maximum absolute atomic E-state index is 12.3. The van der Waals surface area contributed by atoms with Gasteiger partial charge in [-0.05, 0) is 61.4 Å². The number of nitrogens with one attached hydrogen (secondary N) is 2. The molecule has 2 aromatic carbocycles. The van der Waals surface area contributed by atoms with Crippen molar-refractivity contribution in [2.75, 3.05) is 26.2 Å². The zero-order valence-electron chi connectivity index (χ0n) is 18.4. The molecule has 2 N–H and O–H groups in total. The van der Waals surface area contributed by atoms with Gasteiger partial charge in [0.15, 0.2) is 0 Å². The maximum Gasteiger partial charge on any atom is 0.234 e. The summed E-state index contributed by atoms with van der Waals surface area (Å²) >= 11 is 0. The van der Waals surface area contributed by atoms with Crippen LogP contribution in [-0.2, 0) is 20.8 Å². The first kappa shape index (κ1) is 22.2. The molecule has 2 saturated heterocycles. The monoisotopic (exact) mass is 433 g/mol. The van der Waals surface area contributed by atoms with Crippen LogP contribution in [0.5, 0.6) is 0 Å². The fourth-order valence-corrected chi connectivity index (χ4v) is 4.69. The minimum atomic E-state index is -0.232. The average Bonchev–Trinajstić information content (AvgIpc) is 2.81. The number of hydrogen-bond donors (Lipinski definition) is 2. The van der Waals surface area contributed by atoms with Crippen LogP contribution in [0.3, 0.4) is 0 Å².